The van der Waals surface area contributed by atoms with E-state index < -0.39 is 35.3 Å². The Bertz CT molecular complexity index is 400. The van der Waals surface area contributed by atoms with Crippen LogP contribution in [0.4, 0.5) is 23.2 Å². The Morgan fingerprint density at radius 2 is 1.69 bits per heavy atom. The summed E-state index contributed by atoms with van der Waals surface area (Å²) < 4.78 is 52.1. The Balaban J connectivity index is 2.47. The van der Waals surface area contributed by atoms with Crippen LogP contribution in [0, 0.1) is 23.5 Å². The molecule has 1 aromatic rings. The van der Waals surface area contributed by atoms with E-state index in [9.17, 15) is 22.7 Å². The van der Waals surface area contributed by atoms with Crippen molar-refractivity contribution in [2.45, 2.75) is 12.5 Å². The first-order chi connectivity index (χ1) is 7.50. The Morgan fingerprint density at radius 3 is 2.12 bits per heavy atom. The predicted octanol–water partition coefficient (Wildman–Crippen LogP) is 1.21. The first-order valence-corrected chi connectivity index (χ1v) is 4.63. The third-order valence-electron chi connectivity index (χ3n) is 2.45. The summed E-state index contributed by atoms with van der Waals surface area (Å²) in [4.78, 5) is 3.51. The van der Waals surface area contributed by atoms with Crippen molar-refractivity contribution in [3.63, 3.8) is 0 Å². The second kappa shape index (κ2) is 3.89. The van der Waals surface area contributed by atoms with Crippen molar-refractivity contribution >= 4 is 5.69 Å². The second-order valence-electron chi connectivity index (χ2n) is 3.56. The number of hydrogen-bond acceptors (Lipinski definition) is 3. The molecule has 0 amide bonds. The van der Waals surface area contributed by atoms with Gasteiger partial charge in [0.25, 0.3) is 11.9 Å². The van der Waals surface area contributed by atoms with Gasteiger partial charge in [0.05, 0.1) is 6.10 Å². The zero-order chi connectivity index (χ0) is 11.9. The molecule has 1 N–H and O–H groups in total. The van der Waals surface area contributed by atoms with Crippen LogP contribution in [-0.4, -0.2) is 29.3 Å². The molecule has 0 spiro atoms. The summed E-state index contributed by atoms with van der Waals surface area (Å²) in [5.41, 5.74) is -0.804. The first-order valence-electron chi connectivity index (χ1n) is 4.63. The molecule has 1 aliphatic rings. The van der Waals surface area contributed by atoms with Gasteiger partial charge in [0, 0.05) is 13.1 Å². The van der Waals surface area contributed by atoms with Crippen LogP contribution >= 0.6 is 0 Å². The number of halogens is 4. The Labute approximate surface area is 88.3 Å². The number of β-amino-alcohol motifs (C(OH)–C–C–N with tert-alkyl or cyclic N) is 1. The van der Waals surface area contributed by atoms with E-state index in [0.717, 1.165) is 4.90 Å². The van der Waals surface area contributed by atoms with Crippen LogP contribution in [0.15, 0.2) is 0 Å². The molecule has 2 heterocycles. The first kappa shape index (κ1) is 11.1. The fourth-order valence-electron chi connectivity index (χ4n) is 1.70. The van der Waals surface area contributed by atoms with Gasteiger partial charge in [0.2, 0.25) is 11.6 Å². The Hall–Kier alpha value is -1.37. The lowest BCUT2D eigenvalue weighted by molar-refractivity contribution is 0.198. The van der Waals surface area contributed by atoms with E-state index in [1.807, 2.05) is 0 Å². The fraction of sp³-hybridized carbons (Fsp3) is 0.444. The molecule has 88 valence electrons. The summed E-state index contributed by atoms with van der Waals surface area (Å²) in [5.74, 6) is -6.44. The van der Waals surface area contributed by atoms with Gasteiger partial charge >= 0.3 is 0 Å². The minimum Gasteiger partial charge on any atom is -0.391 e. The van der Waals surface area contributed by atoms with E-state index in [-0.39, 0.29) is 13.1 Å². The molecule has 3 nitrogen and oxygen atoms in total. The van der Waals surface area contributed by atoms with Crippen LogP contribution in [0.5, 0.6) is 0 Å². The minimum atomic E-state index is -1.68. The number of rotatable bonds is 1. The number of aliphatic hydroxyl groups excluding tert-OH is 1. The Morgan fingerprint density at radius 1 is 1.12 bits per heavy atom. The van der Waals surface area contributed by atoms with Gasteiger partial charge in [-0.25, -0.2) is 0 Å². The maximum atomic E-state index is 13.3. The van der Waals surface area contributed by atoms with Gasteiger partial charge in [-0.05, 0) is 6.42 Å². The minimum absolute atomic E-state index is 0.0588. The van der Waals surface area contributed by atoms with Gasteiger partial charge in [0.15, 0.2) is 0 Å². The lowest BCUT2D eigenvalue weighted by Crippen LogP contribution is -2.25. The molecule has 1 saturated heterocycles. The van der Waals surface area contributed by atoms with Gasteiger partial charge in [-0.15, -0.1) is 0 Å². The molecule has 2 rings (SSSR count). The van der Waals surface area contributed by atoms with Crippen molar-refractivity contribution in [1.29, 1.82) is 0 Å². The van der Waals surface area contributed by atoms with Gasteiger partial charge in [-0.3, -0.25) is 0 Å². The van der Waals surface area contributed by atoms with Crippen molar-refractivity contribution in [3.05, 3.63) is 23.5 Å². The van der Waals surface area contributed by atoms with E-state index in [4.69, 9.17) is 0 Å². The number of aromatic nitrogens is 1. The zero-order valence-corrected chi connectivity index (χ0v) is 8.05. The van der Waals surface area contributed by atoms with Gasteiger partial charge in [-0.2, -0.15) is 22.5 Å². The lowest BCUT2D eigenvalue weighted by Gasteiger charge is -2.19. The van der Waals surface area contributed by atoms with E-state index >= 15 is 0 Å². The monoisotopic (exact) mass is 236 g/mol. The van der Waals surface area contributed by atoms with Crippen LogP contribution in [0.2, 0.25) is 0 Å². The maximum absolute atomic E-state index is 13.3. The summed E-state index contributed by atoms with van der Waals surface area (Å²) in [6.07, 6.45) is -0.456. The summed E-state index contributed by atoms with van der Waals surface area (Å²) in [6, 6.07) is 0. The third kappa shape index (κ3) is 1.71. The van der Waals surface area contributed by atoms with Gasteiger partial charge < -0.3 is 10.0 Å². The zero-order valence-electron chi connectivity index (χ0n) is 8.05. The number of anilines is 1. The lowest BCUT2D eigenvalue weighted by atomic mass is 10.3. The molecular formula is C9H8F4N2O. The van der Waals surface area contributed by atoms with E-state index in [2.05, 4.69) is 4.98 Å². The summed E-state index contributed by atoms with van der Waals surface area (Å²) >= 11 is 0. The molecule has 16 heavy (non-hydrogen) atoms. The van der Waals surface area contributed by atoms with Crippen LogP contribution in [-0.2, 0) is 0 Å². The highest BCUT2D eigenvalue weighted by atomic mass is 19.2. The molecular weight excluding hydrogens is 228 g/mol. The second-order valence-corrected chi connectivity index (χ2v) is 3.56. The van der Waals surface area contributed by atoms with Crippen molar-refractivity contribution < 1.29 is 22.7 Å². The maximum Gasteiger partial charge on any atom is 0.253 e. The summed E-state index contributed by atoms with van der Waals surface area (Å²) in [7, 11) is 0. The standard InChI is InChI=1S/C9H8F4N2O/c10-5-7(15-2-1-4(16)3-15)6(11)9(13)14-8(5)12/h4,16H,1-3H2. The van der Waals surface area contributed by atoms with Crippen molar-refractivity contribution in [2.75, 3.05) is 18.0 Å². The number of hydrogen-bond donors (Lipinski definition) is 1. The van der Waals surface area contributed by atoms with Gasteiger partial charge in [-0.1, -0.05) is 0 Å². The topological polar surface area (TPSA) is 36.4 Å². The highest BCUT2D eigenvalue weighted by Crippen LogP contribution is 2.28. The van der Waals surface area contributed by atoms with Crippen molar-refractivity contribution in [2.24, 2.45) is 0 Å². The fourth-order valence-corrected chi connectivity index (χ4v) is 1.70. The average molecular weight is 236 g/mol. The summed E-state index contributed by atoms with van der Waals surface area (Å²) in [5, 5.41) is 9.19. The molecule has 0 bridgehead atoms. The molecule has 0 saturated carbocycles. The highest BCUT2D eigenvalue weighted by Gasteiger charge is 2.29. The van der Waals surface area contributed by atoms with Crippen LogP contribution in [0.25, 0.3) is 0 Å². The Kier molecular flexibility index (Phi) is 2.71. The van der Waals surface area contributed by atoms with Crippen molar-refractivity contribution in [3.8, 4) is 0 Å². The molecule has 0 radical (unpaired) electrons. The molecule has 1 atom stereocenters. The van der Waals surface area contributed by atoms with Crippen molar-refractivity contribution in [1.82, 2.24) is 4.98 Å². The highest BCUT2D eigenvalue weighted by molar-refractivity contribution is 5.49. The molecule has 0 aromatic carbocycles. The van der Waals surface area contributed by atoms with Crippen LogP contribution < -0.4 is 4.90 Å². The molecule has 1 fully saturated rings. The molecule has 7 heteroatoms. The summed E-state index contributed by atoms with van der Waals surface area (Å²) in [6.45, 7) is 0.0780. The smallest absolute Gasteiger partial charge is 0.253 e. The van der Waals surface area contributed by atoms with E-state index in [0.29, 0.717) is 6.42 Å². The SMILES string of the molecule is OC1CCN(c2c(F)c(F)nc(F)c2F)C1. The molecule has 0 aliphatic carbocycles. The van der Waals surface area contributed by atoms with E-state index in [1.54, 1.807) is 0 Å². The molecule has 1 aliphatic heterocycles. The van der Waals surface area contributed by atoms with Gasteiger partial charge in [0.1, 0.15) is 5.69 Å². The quantitative estimate of drug-likeness (QED) is 0.588. The third-order valence-corrected chi connectivity index (χ3v) is 2.45. The van der Waals surface area contributed by atoms with E-state index in [1.165, 1.54) is 0 Å². The van der Waals surface area contributed by atoms with Crippen LogP contribution in [0.3, 0.4) is 0 Å². The molecule has 1 aromatic heterocycles. The number of nitrogens with zero attached hydrogens (tertiary/aromatic N) is 2. The average Bonchev–Trinajstić information content (AvgIpc) is 2.62. The number of pyridine rings is 1. The largest absolute Gasteiger partial charge is 0.391 e. The van der Waals surface area contributed by atoms with Crippen LogP contribution in [0.1, 0.15) is 6.42 Å². The predicted molar refractivity (Wildman–Crippen MR) is 46.9 cm³/mol. The number of aliphatic hydroxyl groups is 1. The molecule has 1 unspecified atom stereocenters. The normalized spacial score (nSPS) is 20.6.